The minimum absolute atomic E-state index is 0.276. The first-order chi connectivity index (χ1) is 14.0. The van der Waals surface area contributed by atoms with Crippen LogP contribution in [0.1, 0.15) is 10.5 Å². The van der Waals surface area contributed by atoms with E-state index >= 15 is 0 Å². The van der Waals surface area contributed by atoms with Gasteiger partial charge in [0.15, 0.2) is 0 Å². The van der Waals surface area contributed by atoms with Crippen LogP contribution in [0.2, 0.25) is 10.0 Å². The second-order valence-corrected chi connectivity index (χ2v) is 6.90. The number of pyridine rings is 1. The number of ether oxygens (including phenoxy) is 1. The van der Waals surface area contributed by atoms with Gasteiger partial charge in [0.1, 0.15) is 23.5 Å². The predicted molar refractivity (Wildman–Crippen MR) is 113 cm³/mol. The number of aromatic nitrogens is 3. The number of nitrogens with one attached hydrogen (secondary N) is 2. The number of carbonyl (C=O) groups excluding carboxylic acids is 1. The summed E-state index contributed by atoms with van der Waals surface area (Å²) in [5.74, 6) is 0.800. The van der Waals surface area contributed by atoms with Crippen molar-refractivity contribution in [3.05, 3.63) is 76.8 Å². The van der Waals surface area contributed by atoms with Crippen LogP contribution >= 0.6 is 23.2 Å². The van der Waals surface area contributed by atoms with Crippen molar-refractivity contribution in [1.29, 1.82) is 0 Å². The van der Waals surface area contributed by atoms with Crippen LogP contribution in [0.4, 0.5) is 5.69 Å². The molecule has 0 aliphatic heterocycles. The molecule has 2 N–H and O–H groups in total. The van der Waals surface area contributed by atoms with Gasteiger partial charge in [-0.25, -0.2) is 9.66 Å². The summed E-state index contributed by atoms with van der Waals surface area (Å²) in [6, 6.07) is 13.9. The average Bonchev–Trinajstić information content (AvgIpc) is 3.12. The fourth-order valence-corrected chi connectivity index (χ4v) is 3.05. The van der Waals surface area contributed by atoms with E-state index in [4.69, 9.17) is 27.9 Å². The van der Waals surface area contributed by atoms with Gasteiger partial charge in [0.05, 0.1) is 21.7 Å². The Bertz CT molecular complexity index is 1210. The van der Waals surface area contributed by atoms with E-state index in [-0.39, 0.29) is 11.6 Å². The Hall–Kier alpha value is -3.29. The smallest absolute Gasteiger partial charge is 0.269 e. The Morgan fingerprint density at radius 1 is 1.03 bits per heavy atom. The van der Waals surface area contributed by atoms with Gasteiger partial charge in [-0.15, -0.1) is 0 Å². The molecule has 0 aliphatic carbocycles. The molecule has 4 aromatic rings. The highest BCUT2D eigenvalue weighted by molar-refractivity contribution is 6.35. The van der Waals surface area contributed by atoms with E-state index in [9.17, 15) is 4.79 Å². The molecular weight excluding hydrogens is 413 g/mol. The number of amides is 1. The van der Waals surface area contributed by atoms with Crippen LogP contribution in [0.25, 0.3) is 11.0 Å². The van der Waals surface area contributed by atoms with Crippen LogP contribution in [0.3, 0.4) is 0 Å². The number of hydrogen-bond donors (Lipinski definition) is 2. The van der Waals surface area contributed by atoms with E-state index in [1.807, 2.05) is 12.1 Å². The Morgan fingerprint density at radius 3 is 2.69 bits per heavy atom. The molecule has 146 valence electrons. The first-order valence-electron chi connectivity index (χ1n) is 8.58. The number of halogens is 2. The molecule has 2 heterocycles. The molecular formula is C20H15Cl2N5O2. The highest BCUT2D eigenvalue weighted by atomic mass is 35.5. The summed E-state index contributed by atoms with van der Waals surface area (Å²) in [5.41, 5.74) is 5.66. The van der Waals surface area contributed by atoms with Gasteiger partial charge in [0.2, 0.25) is 0 Å². The van der Waals surface area contributed by atoms with Gasteiger partial charge >= 0.3 is 0 Å². The Kier molecular flexibility index (Phi) is 5.24. The summed E-state index contributed by atoms with van der Waals surface area (Å²) in [6.45, 7) is 0. The maximum Gasteiger partial charge on any atom is 0.269 e. The van der Waals surface area contributed by atoms with Crippen molar-refractivity contribution in [2.75, 3.05) is 12.5 Å². The third-order valence-electron chi connectivity index (χ3n) is 4.11. The zero-order valence-electron chi connectivity index (χ0n) is 15.2. The van der Waals surface area contributed by atoms with E-state index in [0.29, 0.717) is 32.7 Å². The third-order valence-corrected chi connectivity index (χ3v) is 4.68. The number of rotatable bonds is 5. The lowest BCUT2D eigenvalue weighted by atomic mass is 10.3. The molecule has 0 aliphatic rings. The lowest BCUT2D eigenvalue weighted by molar-refractivity contribution is 0.0958. The van der Waals surface area contributed by atoms with Crippen LogP contribution in [0, 0.1) is 0 Å². The first kappa shape index (κ1) is 19.0. The van der Waals surface area contributed by atoms with Crippen LogP contribution in [0.5, 0.6) is 11.5 Å². The minimum Gasteiger partial charge on any atom is -0.457 e. The normalized spacial score (nSPS) is 10.7. The fourth-order valence-electron chi connectivity index (χ4n) is 2.72. The number of fused-ring (bicyclic) bond motifs is 1. The second-order valence-electron chi connectivity index (χ2n) is 6.06. The molecule has 0 unspecified atom stereocenters. The number of carbonyl (C=O) groups is 1. The first-order valence-corrected chi connectivity index (χ1v) is 9.34. The summed E-state index contributed by atoms with van der Waals surface area (Å²) in [7, 11) is 1.55. The molecule has 1 amide bonds. The second kappa shape index (κ2) is 7.98. The van der Waals surface area contributed by atoms with E-state index in [0.717, 1.165) is 5.52 Å². The van der Waals surface area contributed by atoms with Crippen molar-refractivity contribution in [2.24, 2.45) is 0 Å². The maximum atomic E-state index is 11.7. The molecule has 0 bridgehead atoms. The topological polar surface area (TPSA) is 81.1 Å². The standard InChI is InChI=1S/C20H15Cl2N5O2/c1-23-20(28)18-10-14(6-7-24-18)29-13-3-5-19-17(9-13)25-11-27(19)26-16-8-12(21)2-4-15(16)22/h2-11,26H,1H3,(H,23,28). The van der Waals surface area contributed by atoms with Crippen LogP contribution < -0.4 is 15.5 Å². The van der Waals surface area contributed by atoms with Crippen molar-refractivity contribution < 1.29 is 9.53 Å². The largest absolute Gasteiger partial charge is 0.457 e. The van der Waals surface area contributed by atoms with Gasteiger partial charge in [0.25, 0.3) is 5.91 Å². The van der Waals surface area contributed by atoms with Crippen molar-refractivity contribution in [2.45, 2.75) is 0 Å². The van der Waals surface area contributed by atoms with Gasteiger partial charge < -0.3 is 10.1 Å². The van der Waals surface area contributed by atoms with Crippen molar-refractivity contribution >= 4 is 45.8 Å². The molecule has 0 saturated carbocycles. The number of anilines is 1. The lowest BCUT2D eigenvalue weighted by Gasteiger charge is -2.11. The quantitative estimate of drug-likeness (QED) is 0.479. The fraction of sp³-hybridized carbons (Fsp3) is 0.0500. The predicted octanol–water partition coefficient (Wildman–Crippen LogP) is 4.77. The molecule has 9 heteroatoms. The third kappa shape index (κ3) is 4.11. The summed E-state index contributed by atoms with van der Waals surface area (Å²) < 4.78 is 7.60. The molecule has 0 spiro atoms. The van der Waals surface area contributed by atoms with Gasteiger partial charge in [-0.1, -0.05) is 23.2 Å². The molecule has 2 aromatic heterocycles. The number of hydrogen-bond acceptors (Lipinski definition) is 5. The zero-order chi connectivity index (χ0) is 20.4. The Morgan fingerprint density at radius 2 is 1.86 bits per heavy atom. The summed E-state index contributed by atoms with van der Waals surface area (Å²) >= 11 is 12.3. The molecule has 0 saturated heterocycles. The van der Waals surface area contributed by atoms with Gasteiger partial charge in [-0.05, 0) is 36.4 Å². The molecule has 2 aromatic carbocycles. The zero-order valence-corrected chi connectivity index (χ0v) is 16.7. The minimum atomic E-state index is -0.282. The summed E-state index contributed by atoms with van der Waals surface area (Å²) in [5, 5.41) is 3.65. The highest BCUT2D eigenvalue weighted by Crippen LogP contribution is 2.28. The van der Waals surface area contributed by atoms with E-state index in [2.05, 4.69) is 20.7 Å². The van der Waals surface area contributed by atoms with Gasteiger partial charge in [-0.3, -0.25) is 15.2 Å². The average molecular weight is 428 g/mol. The van der Waals surface area contributed by atoms with Crippen molar-refractivity contribution in [3.63, 3.8) is 0 Å². The van der Waals surface area contributed by atoms with E-state index in [1.54, 1.807) is 54.4 Å². The summed E-state index contributed by atoms with van der Waals surface area (Å²) in [4.78, 5) is 20.1. The lowest BCUT2D eigenvalue weighted by Crippen LogP contribution is -2.18. The molecule has 0 atom stereocenters. The Balaban J connectivity index is 1.58. The SMILES string of the molecule is CNC(=O)c1cc(Oc2ccc3c(c2)ncn3Nc2cc(Cl)ccc2Cl)ccn1. The number of benzene rings is 2. The van der Waals surface area contributed by atoms with E-state index < -0.39 is 0 Å². The van der Waals surface area contributed by atoms with Crippen molar-refractivity contribution in [1.82, 2.24) is 20.0 Å². The van der Waals surface area contributed by atoms with Crippen LogP contribution in [-0.2, 0) is 0 Å². The number of nitrogens with zero attached hydrogens (tertiary/aromatic N) is 3. The highest BCUT2D eigenvalue weighted by Gasteiger charge is 2.10. The van der Waals surface area contributed by atoms with Gasteiger partial charge in [0, 0.05) is 30.4 Å². The van der Waals surface area contributed by atoms with Crippen molar-refractivity contribution in [3.8, 4) is 11.5 Å². The molecule has 0 radical (unpaired) electrons. The monoisotopic (exact) mass is 427 g/mol. The van der Waals surface area contributed by atoms with E-state index in [1.165, 1.54) is 6.20 Å². The molecule has 4 rings (SSSR count). The molecule has 0 fully saturated rings. The van der Waals surface area contributed by atoms with Crippen LogP contribution in [-0.4, -0.2) is 27.6 Å². The number of imidazole rings is 1. The maximum absolute atomic E-state index is 11.7. The summed E-state index contributed by atoms with van der Waals surface area (Å²) in [6.07, 6.45) is 3.16. The molecule has 29 heavy (non-hydrogen) atoms. The van der Waals surface area contributed by atoms with Gasteiger partial charge in [-0.2, -0.15) is 0 Å². The molecule has 7 nitrogen and oxygen atoms in total. The Labute approximate surface area is 176 Å². The van der Waals surface area contributed by atoms with Crippen LogP contribution in [0.15, 0.2) is 61.1 Å².